The van der Waals surface area contributed by atoms with Gasteiger partial charge in [-0.25, -0.2) is 0 Å². The number of nitrogens with one attached hydrogen (secondary N) is 1. The fourth-order valence-corrected chi connectivity index (χ4v) is 3.70. The van der Waals surface area contributed by atoms with Crippen LogP contribution in [-0.2, 0) is 13.1 Å². The Morgan fingerprint density at radius 3 is 2.14 bits per heavy atom. The van der Waals surface area contributed by atoms with Crippen molar-refractivity contribution in [2.24, 2.45) is 0 Å². The molecule has 29 heavy (non-hydrogen) atoms. The van der Waals surface area contributed by atoms with Gasteiger partial charge in [0.25, 0.3) is 5.91 Å². The normalized spacial score (nSPS) is 14.3. The lowest BCUT2D eigenvalue weighted by atomic mass is 10.1. The van der Waals surface area contributed by atoms with Gasteiger partial charge in [-0.15, -0.1) is 0 Å². The Morgan fingerprint density at radius 2 is 1.52 bits per heavy atom. The van der Waals surface area contributed by atoms with E-state index in [1.807, 2.05) is 0 Å². The van der Waals surface area contributed by atoms with Crippen molar-refractivity contribution in [3.05, 3.63) is 53.1 Å². The lowest BCUT2D eigenvalue weighted by Gasteiger charge is -2.26. The van der Waals surface area contributed by atoms with Crippen molar-refractivity contribution in [1.82, 2.24) is 10.2 Å². The molecule has 1 fully saturated rings. The summed E-state index contributed by atoms with van der Waals surface area (Å²) in [4.78, 5) is 15.2. The van der Waals surface area contributed by atoms with Gasteiger partial charge in [0, 0.05) is 13.1 Å². The smallest absolute Gasteiger partial charge is 0.255 e. The second-order valence-electron chi connectivity index (χ2n) is 7.22. The van der Waals surface area contributed by atoms with Crippen LogP contribution in [0.25, 0.3) is 0 Å². The molecule has 1 amide bonds. The number of piperidine rings is 1. The van der Waals surface area contributed by atoms with Gasteiger partial charge in [-0.3, -0.25) is 9.69 Å². The molecule has 1 N–H and O–H groups in total. The highest BCUT2D eigenvalue weighted by atomic mass is 16.5. The number of hydrogen-bond acceptors (Lipinski definition) is 5. The van der Waals surface area contributed by atoms with Gasteiger partial charge in [0.05, 0.1) is 26.9 Å². The van der Waals surface area contributed by atoms with E-state index >= 15 is 0 Å². The lowest BCUT2D eigenvalue weighted by Crippen LogP contribution is -2.29. The molecule has 0 spiro atoms. The van der Waals surface area contributed by atoms with E-state index in [9.17, 15) is 4.79 Å². The van der Waals surface area contributed by atoms with Crippen molar-refractivity contribution in [3.63, 3.8) is 0 Å². The first-order valence-electron chi connectivity index (χ1n) is 10.0. The van der Waals surface area contributed by atoms with Gasteiger partial charge in [0.2, 0.25) is 5.75 Å². The number of carbonyl (C=O) groups excluding carboxylic acids is 1. The highest BCUT2D eigenvalue weighted by molar-refractivity contribution is 5.98. The summed E-state index contributed by atoms with van der Waals surface area (Å²) in [5, 5.41) is 2.95. The predicted octanol–water partition coefficient (Wildman–Crippen LogP) is 3.63. The molecule has 0 bridgehead atoms. The molecular formula is C23H30N2O4. The summed E-state index contributed by atoms with van der Waals surface area (Å²) >= 11 is 0. The molecule has 2 aromatic rings. The highest BCUT2D eigenvalue weighted by Crippen LogP contribution is 2.39. The highest BCUT2D eigenvalue weighted by Gasteiger charge is 2.20. The summed E-state index contributed by atoms with van der Waals surface area (Å²) in [6.07, 6.45) is 3.94. The molecule has 0 atom stereocenters. The fourth-order valence-electron chi connectivity index (χ4n) is 3.70. The molecule has 3 rings (SSSR count). The Bertz CT molecular complexity index is 814. The maximum Gasteiger partial charge on any atom is 0.255 e. The number of amides is 1. The van der Waals surface area contributed by atoms with Gasteiger partial charge in [0.15, 0.2) is 11.5 Å². The number of benzene rings is 2. The molecule has 0 aliphatic carbocycles. The minimum absolute atomic E-state index is 0.222. The van der Waals surface area contributed by atoms with Crippen molar-refractivity contribution < 1.29 is 19.0 Å². The minimum atomic E-state index is -0.222. The van der Waals surface area contributed by atoms with Gasteiger partial charge in [-0.1, -0.05) is 30.7 Å². The van der Waals surface area contributed by atoms with E-state index < -0.39 is 0 Å². The Kier molecular flexibility index (Phi) is 7.36. The van der Waals surface area contributed by atoms with Crippen LogP contribution in [0.4, 0.5) is 0 Å². The van der Waals surface area contributed by atoms with Gasteiger partial charge in [0.1, 0.15) is 0 Å². The molecule has 0 saturated carbocycles. The van der Waals surface area contributed by atoms with E-state index in [0.29, 0.717) is 29.4 Å². The van der Waals surface area contributed by atoms with E-state index in [4.69, 9.17) is 14.2 Å². The summed E-state index contributed by atoms with van der Waals surface area (Å²) in [5.41, 5.74) is 2.77. The van der Waals surface area contributed by atoms with Crippen LogP contribution < -0.4 is 19.5 Å². The molecule has 1 aliphatic heterocycles. The van der Waals surface area contributed by atoms with Gasteiger partial charge >= 0.3 is 0 Å². The molecule has 1 saturated heterocycles. The molecule has 0 unspecified atom stereocenters. The van der Waals surface area contributed by atoms with E-state index in [2.05, 4.69) is 34.5 Å². The van der Waals surface area contributed by atoms with Crippen LogP contribution >= 0.6 is 0 Å². The second kappa shape index (κ2) is 10.2. The van der Waals surface area contributed by atoms with E-state index in [-0.39, 0.29) is 5.91 Å². The molecule has 6 heteroatoms. The summed E-state index contributed by atoms with van der Waals surface area (Å²) in [6, 6.07) is 11.8. The van der Waals surface area contributed by atoms with E-state index in [1.165, 1.54) is 52.1 Å². The first-order chi connectivity index (χ1) is 14.2. The van der Waals surface area contributed by atoms with Crippen LogP contribution in [0.15, 0.2) is 36.4 Å². The van der Waals surface area contributed by atoms with Gasteiger partial charge < -0.3 is 19.5 Å². The van der Waals surface area contributed by atoms with Crippen LogP contribution in [0.5, 0.6) is 17.2 Å². The first kappa shape index (κ1) is 21.0. The third-order valence-electron chi connectivity index (χ3n) is 5.28. The van der Waals surface area contributed by atoms with Crippen molar-refractivity contribution in [3.8, 4) is 17.2 Å². The average Bonchev–Trinajstić information content (AvgIpc) is 2.77. The summed E-state index contributed by atoms with van der Waals surface area (Å²) in [5.74, 6) is 1.07. The minimum Gasteiger partial charge on any atom is -0.493 e. The summed E-state index contributed by atoms with van der Waals surface area (Å²) in [7, 11) is 4.58. The maximum absolute atomic E-state index is 12.7. The van der Waals surface area contributed by atoms with Crippen LogP contribution in [0.2, 0.25) is 0 Å². The van der Waals surface area contributed by atoms with Crippen molar-refractivity contribution >= 4 is 5.91 Å². The molecule has 0 radical (unpaired) electrons. The third-order valence-corrected chi connectivity index (χ3v) is 5.28. The van der Waals surface area contributed by atoms with E-state index in [0.717, 1.165) is 12.1 Å². The van der Waals surface area contributed by atoms with Crippen molar-refractivity contribution in [2.45, 2.75) is 32.4 Å². The summed E-state index contributed by atoms with van der Waals surface area (Å²) in [6.45, 7) is 3.81. The maximum atomic E-state index is 12.7. The fraction of sp³-hybridized carbons (Fsp3) is 0.435. The average molecular weight is 399 g/mol. The third kappa shape index (κ3) is 5.21. The zero-order chi connectivity index (χ0) is 20.6. The molecule has 0 aromatic heterocycles. The number of likely N-dealkylation sites (tertiary alicyclic amines) is 1. The van der Waals surface area contributed by atoms with Crippen molar-refractivity contribution in [2.75, 3.05) is 34.4 Å². The first-order valence-corrected chi connectivity index (χ1v) is 10.0. The van der Waals surface area contributed by atoms with Crippen LogP contribution in [-0.4, -0.2) is 45.2 Å². The quantitative estimate of drug-likeness (QED) is 0.736. The molecule has 156 valence electrons. The molecule has 1 aliphatic rings. The Balaban J connectivity index is 1.61. The number of ether oxygens (including phenoxy) is 3. The number of nitrogens with zero attached hydrogens (tertiary/aromatic N) is 1. The zero-order valence-electron chi connectivity index (χ0n) is 17.5. The largest absolute Gasteiger partial charge is 0.493 e. The van der Waals surface area contributed by atoms with Crippen LogP contribution in [0.1, 0.15) is 40.7 Å². The van der Waals surface area contributed by atoms with Gasteiger partial charge in [-0.2, -0.15) is 0 Å². The Morgan fingerprint density at radius 1 is 0.862 bits per heavy atom. The van der Waals surface area contributed by atoms with E-state index in [1.54, 1.807) is 19.2 Å². The standard InChI is InChI=1S/C23H30N2O4/c1-27-20-12-11-19(21(28-2)22(20)29-3)23(26)24-15-17-7-9-18(10-8-17)16-25-13-5-4-6-14-25/h7-12H,4-6,13-16H2,1-3H3,(H,24,26). The molecule has 1 heterocycles. The Hall–Kier alpha value is -2.73. The lowest BCUT2D eigenvalue weighted by molar-refractivity contribution is 0.0947. The monoisotopic (exact) mass is 398 g/mol. The molecule has 2 aromatic carbocycles. The predicted molar refractivity (Wildman–Crippen MR) is 113 cm³/mol. The molecule has 6 nitrogen and oxygen atoms in total. The number of carbonyl (C=O) groups is 1. The number of rotatable bonds is 8. The second-order valence-corrected chi connectivity index (χ2v) is 7.22. The zero-order valence-corrected chi connectivity index (χ0v) is 17.5. The van der Waals surface area contributed by atoms with Crippen LogP contribution in [0, 0.1) is 0 Å². The topological polar surface area (TPSA) is 60.0 Å². The van der Waals surface area contributed by atoms with Gasteiger partial charge in [-0.05, 0) is 49.2 Å². The van der Waals surface area contributed by atoms with Crippen LogP contribution in [0.3, 0.4) is 0 Å². The number of hydrogen-bond donors (Lipinski definition) is 1. The number of methoxy groups -OCH3 is 3. The molecular weight excluding hydrogens is 368 g/mol. The summed E-state index contributed by atoms with van der Waals surface area (Å²) < 4.78 is 16.0. The van der Waals surface area contributed by atoms with Crippen molar-refractivity contribution in [1.29, 1.82) is 0 Å². The SMILES string of the molecule is COc1ccc(C(=O)NCc2ccc(CN3CCCCC3)cc2)c(OC)c1OC. The Labute approximate surface area is 172 Å².